The molecule has 2 N–H and O–H groups in total. The van der Waals surface area contributed by atoms with Crippen LogP contribution in [0.3, 0.4) is 0 Å². The number of hydrogen-bond acceptors (Lipinski definition) is 5. The van der Waals surface area contributed by atoms with Crippen molar-refractivity contribution in [2.75, 3.05) is 33.8 Å². The molecule has 1 fully saturated rings. The zero-order chi connectivity index (χ0) is 18.4. The van der Waals surface area contributed by atoms with Gasteiger partial charge in [0.15, 0.2) is 11.8 Å². The van der Waals surface area contributed by atoms with Crippen molar-refractivity contribution in [2.24, 2.45) is 4.99 Å². The van der Waals surface area contributed by atoms with Gasteiger partial charge in [-0.25, -0.2) is 9.67 Å². The zero-order valence-electron chi connectivity index (χ0n) is 16.8. The van der Waals surface area contributed by atoms with Crippen LogP contribution in [0.25, 0.3) is 0 Å². The van der Waals surface area contributed by atoms with E-state index in [9.17, 15) is 0 Å². The van der Waals surface area contributed by atoms with Crippen molar-refractivity contribution in [3.05, 3.63) is 11.6 Å². The van der Waals surface area contributed by atoms with Gasteiger partial charge in [0.25, 0.3) is 0 Å². The summed E-state index contributed by atoms with van der Waals surface area (Å²) >= 11 is 0. The number of piperidine rings is 1. The van der Waals surface area contributed by atoms with Crippen LogP contribution < -0.4 is 10.6 Å². The summed E-state index contributed by atoms with van der Waals surface area (Å²) in [6, 6.07) is 1.02. The number of fused-ring (bicyclic) bond motifs is 1. The third-order valence-corrected chi connectivity index (χ3v) is 5.37. The molecule has 2 aliphatic rings. The van der Waals surface area contributed by atoms with E-state index in [0.717, 1.165) is 50.1 Å². The quantitative estimate of drug-likeness (QED) is 0.356. The molecule has 0 bridgehead atoms. The lowest BCUT2D eigenvalue weighted by Crippen LogP contribution is -2.49. The van der Waals surface area contributed by atoms with Crippen LogP contribution in [0.5, 0.6) is 0 Å². The Kier molecular flexibility index (Phi) is 9.24. The van der Waals surface area contributed by atoms with Crippen molar-refractivity contribution in [3.8, 4) is 0 Å². The van der Waals surface area contributed by atoms with Gasteiger partial charge in [-0.15, -0.1) is 24.0 Å². The van der Waals surface area contributed by atoms with Gasteiger partial charge in [0.1, 0.15) is 12.4 Å². The van der Waals surface area contributed by atoms with E-state index in [1.165, 1.54) is 25.8 Å². The van der Waals surface area contributed by atoms with E-state index in [1.54, 1.807) is 7.11 Å². The van der Waals surface area contributed by atoms with Gasteiger partial charge in [-0.1, -0.05) is 6.42 Å². The van der Waals surface area contributed by atoms with E-state index in [4.69, 9.17) is 4.74 Å². The number of nitrogens with zero attached hydrogens (tertiary/aromatic N) is 5. The standard InChI is InChI=1S/C18H33N7O.HI/c1-14-6-4-5-10-24(14)11-9-20-18(19-2)21-15-7-8-17-22-16(13-26-3)23-25(17)12-15;/h14-15H,4-13H2,1-3H3,(H2,19,20,21);1H. The van der Waals surface area contributed by atoms with Gasteiger partial charge in [0.05, 0.1) is 6.54 Å². The molecule has 1 aromatic rings. The van der Waals surface area contributed by atoms with Gasteiger partial charge >= 0.3 is 0 Å². The third-order valence-electron chi connectivity index (χ3n) is 5.37. The molecule has 2 aliphatic heterocycles. The van der Waals surface area contributed by atoms with Crippen LogP contribution in [-0.4, -0.2) is 71.5 Å². The van der Waals surface area contributed by atoms with Crippen molar-refractivity contribution in [3.63, 3.8) is 0 Å². The lowest BCUT2D eigenvalue weighted by Gasteiger charge is -2.33. The average molecular weight is 491 g/mol. The fourth-order valence-electron chi connectivity index (χ4n) is 3.86. The van der Waals surface area contributed by atoms with Crippen LogP contribution in [-0.2, 0) is 24.3 Å². The van der Waals surface area contributed by atoms with E-state index in [-0.39, 0.29) is 24.0 Å². The van der Waals surface area contributed by atoms with Crippen molar-refractivity contribution < 1.29 is 4.74 Å². The highest BCUT2D eigenvalue weighted by Crippen LogP contribution is 2.15. The minimum atomic E-state index is 0. The number of nitrogens with one attached hydrogen (secondary N) is 2. The Morgan fingerprint density at radius 3 is 2.93 bits per heavy atom. The average Bonchev–Trinajstić information content (AvgIpc) is 3.04. The van der Waals surface area contributed by atoms with Crippen LogP contribution in [0.4, 0.5) is 0 Å². The SMILES string of the molecule is CN=C(NCCN1CCCCC1C)NC1CCc2nc(COC)nn2C1.I. The molecule has 0 radical (unpaired) electrons. The fourth-order valence-corrected chi connectivity index (χ4v) is 3.86. The minimum absolute atomic E-state index is 0. The summed E-state index contributed by atoms with van der Waals surface area (Å²) < 4.78 is 7.13. The summed E-state index contributed by atoms with van der Waals surface area (Å²) in [5, 5.41) is 11.5. The van der Waals surface area contributed by atoms with E-state index in [1.807, 2.05) is 11.7 Å². The predicted molar refractivity (Wildman–Crippen MR) is 118 cm³/mol. The monoisotopic (exact) mass is 491 g/mol. The molecular formula is C18H34IN7O. The molecule has 0 aliphatic carbocycles. The zero-order valence-corrected chi connectivity index (χ0v) is 19.1. The first-order valence-electron chi connectivity index (χ1n) is 9.82. The molecule has 2 unspecified atom stereocenters. The van der Waals surface area contributed by atoms with Gasteiger partial charge in [0.2, 0.25) is 0 Å². The molecule has 1 aromatic heterocycles. The summed E-state index contributed by atoms with van der Waals surface area (Å²) in [4.78, 5) is 11.5. The number of aryl methyl sites for hydroxylation is 1. The smallest absolute Gasteiger partial charge is 0.191 e. The number of ether oxygens (including phenoxy) is 1. The molecule has 0 amide bonds. The van der Waals surface area contributed by atoms with Crippen molar-refractivity contribution >= 4 is 29.9 Å². The summed E-state index contributed by atoms with van der Waals surface area (Å²) in [6.07, 6.45) is 5.98. The molecule has 8 nitrogen and oxygen atoms in total. The van der Waals surface area contributed by atoms with Crippen LogP contribution >= 0.6 is 24.0 Å². The van der Waals surface area contributed by atoms with Gasteiger partial charge in [-0.3, -0.25) is 9.89 Å². The normalized spacial score (nSPS) is 23.4. The molecule has 0 spiro atoms. The van der Waals surface area contributed by atoms with Crippen LogP contribution in [0, 0.1) is 0 Å². The summed E-state index contributed by atoms with van der Waals surface area (Å²) in [5.41, 5.74) is 0. The lowest BCUT2D eigenvalue weighted by molar-refractivity contribution is 0.163. The summed E-state index contributed by atoms with van der Waals surface area (Å²) in [7, 11) is 3.50. The number of aliphatic imine (C=N–C) groups is 1. The number of guanidine groups is 1. The van der Waals surface area contributed by atoms with Crippen LogP contribution in [0.1, 0.15) is 44.3 Å². The van der Waals surface area contributed by atoms with Gasteiger partial charge in [0, 0.05) is 45.8 Å². The Hall–Kier alpha value is -0.940. The molecule has 3 rings (SSSR count). The highest BCUT2D eigenvalue weighted by atomic mass is 127. The molecule has 0 saturated carbocycles. The fraction of sp³-hybridized carbons (Fsp3) is 0.833. The van der Waals surface area contributed by atoms with E-state index in [0.29, 0.717) is 18.7 Å². The van der Waals surface area contributed by atoms with Crippen molar-refractivity contribution in [2.45, 2.75) is 64.3 Å². The molecule has 27 heavy (non-hydrogen) atoms. The maximum Gasteiger partial charge on any atom is 0.191 e. The predicted octanol–water partition coefficient (Wildman–Crippen LogP) is 1.40. The number of rotatable bonds is 6. The molecule has 2 atom stereocenters. The van der Waals surface area contributed by atoms with Gasteiger partial charge in [-0.05, 0) is 32.7 Å². The topological polar surface area (TPSA) is 79.6 Å². The van der Waals surface area contributed by atoms with Crippen LogP contribution in [0.15, 0.2) is 4.99 Å². The number of halogens is 1. The molecule has 154 valence electrons. The first-order chi connectivity index (χ1) is 12.7. The lowest BCUT2D eigenvalue weighted by atomic mass is 10.0. The molecule has 1 saturated heterocycles. The minimum Gasteiger partial charge on any atom is -0.377 e. The number of likely N-dealkylation sites (tertiary alicyclic amines) is 1. The first kappa shape index (κ1) is 22.4. The molecule has 9 heteroatoms. The molecule has 0 aromatic carbocycles. The summed E-state index contributed by atoms with van der Waals surface area (Å²) in [6.45, 7) is 6.83. The van der Waals surface area contributed by atoms with Crippen LogP contribution in [0.2, 0.25) is 0 Å². The second-order valence-electron chi connectivity index (χ2n) is 7.32. The van der Waals surface area contributed by atoms with Gasteiger partial charge in [-0.2, -0.15) is 5.10 Å². The Morgan fingerprint density at radius 1 is 1.33 bits per heavy atom. The Bertz CT molecular complexity index is 607. The highest BCUT2D eigenvalue weighted by molar-refractivity contribution is 14.0. The highest BCUT2D eigenvalue weighted by Gasteiger charge is 2.22. The second kappa shape index (κ2) is 11.2. The second-order valence-corrected chi connectivity index (χ2v) is 7.32. The third kappa shape index (κ3) is 6.28. The molecular weight excluding hydrogens is 457 g/mol. The van der Waals surface area contributed by atoms with E-state index in [2.05, 4.69) is 37.5 Å². The Labute approximate surface area is 179 Å². The number of hydrogen-bond donors (Lipinski definition) is 2. The van der Waals surface area contributed by atoms with Crippen molar-refractivity contribution in [1.82, 2.24) is 30.3 Å². The Morgan fingerprint density at radius 2 is 2.19 bits per heavy atom. The van der Waals surface area contributed by atoms with E-state index < -0.39 is 0 Å². The number of methoxy groups -OCH3 is 1. The first-order valence-corrected chi connectivity index (χ1v) is 9.82. The van der Waals surface area contributed by atoms with Gasteiger partial charge < -0.3 is 15.4 Å². The number of aromatic nitrogens is 3. The molecule has 3 heterocycles. The van der Waals surface area contributed by atoms with E-state index >= 15 is 0 Å². The Balaban J connectivity index is 0.00000261. The summed E-state index contributed by atoms with van der Waals surface area (Å²) in [5.74, 6) is 2.69. The maximum atomic E-state index is 5.13. The maximum absolute atomic E-state index is 5.13. The largest absolute Gasteiger partial charge is 0.377 e. The van der Waals surface area contributed by atoms with Crippen molar-refractivity contribution in [1.29, 1.82) is 0 Å².